The van der Waals surface area contributed by atoms with E-state index in [1.165, 1.54) is 0 Å². The summed E-state index contributed by atoms with van der Waals surface area (Å²) in [5.41, 5.74) is 5.27. The van der Waals surface area contributed by atoms with Crippen LogP contribution in [-0.2, 0) is 34.5 Å². The molecule has 0 aromatic heterocycles. The molecular weight excluding hydrogens is 350 g/mol. The van der Waals surface area contributed by atoms with Crippen molar-refractivity contribution in [3.8, 4) is 0 Å². The molecule has 1 aromatic rings. The summed E-state index contributed by atoms with van der Waals surface area (Å²) in [6.45, 7) is -0.944. The number of benzene rings is 1. The molecule has 0 saturated heterocycles. The van der Waals surface area contributed by atoms with Crippen LogP contribution < -0.4 is 5.73 Å². The Bertz CT molecular complexity index is 839. The normalized spacial score (nSPS) is 13.2. The fourth-order valence-electron chi connectivity index (χ4n) is 1.34. The molecule has 1 aromatic carbocycles. The molecule has 0 spiro atoms. The average Bonchev–Trinajstić information content (AvgIpc) is 2.24. The smallest absolute Gasteiger partial charge is 0.397 e. The predicted molar refractivity (Wildman–Crippen MR) is 70.2 cm³/mol. The van der Waals surface area contributed by atoms with Crippen LogP contribution in [0.2, 0.25) is 0 Å². The van der Waals surface area contributed by atoms with Crippen LogP contribution in [0, 0.1) is 0 Å². The molecule has 0 aliphatic rings. The van der Waals surface area contributed by atoms with Crippen LogP contribution in [0.25, 0.3) is 0 Å². The van der Waals surface area contributed by atoms with Crippen LogP contribution in [-0.4, -0.2) is 46.7 Å². The number of hydrogen-bond acceptors (Lipinski definition) is 8. The molecule has 0 unspecified atom stereocenters. The number of anilines is 1. The van der Waals surface area contributed by atoms with Gasteiger partial charge in [-0.25, -0.2) is 12.6 Å². The van der Waals surface area contributed by atoms with Crippen molar-refractivity contribution in [3.63, 3.8) is 0 Å². The van der Waals surface area contributed by atoms with Gasteiger partial charge in [0.1, 0.15) is 4.90 Å². The highest BCUT2D eigenvalue weighted by Gasteiger charge is 2.26. The Balaban J connectivity index is 3.23. The van der Waals surface area contributed by atoms with E-state index in [0.29, 0.717) is 0 Å². The van der Waals surface area contributed by atoms with Crippen molar-refractivity contribution >= 4 is 36.0 Å². The molecule has 0 fully saturated rings. The second-order valence-electron chi connectivity index (χ2n) is 3.75. The summed E-state index contributed by atoms with van der Waals surface area (Å²) in [5.74, 6) is -0.960. The van der Waals surface area contributed by atoms with E-state index >= 15 is 0 Å². The van der Waals surface area contributed by atoms with Crippen molar-refractivity contribution in [2.24, 2.45) is 0 Å². The van der Waals surface area contributed by atoms with Gasteiger partial charge in [-0.2, -0.15) is 16.8 Å². The zero-order chi connectivity index (χ0) is 16.5. The summed E-state index contributed by atoms with van der Waals surface area (Å²) >= 11 is 0. The minimum absolute atomic E-state index is 0.0864. The van der Waals surface area contributed by atoms with Crippen LogP contribution in [0.15, 0.2) is 28.0 Å². The standard InChI is InChI=1S/C8H11NO9S3/c9-6-1-2-7(20(12,13)14)8(5-6)19(10,11)4-3-18-21(15,16)17/h1-2,5H,3-4,9H2,(H,12,13,14)(H,15,16,17). The average molecular weight is 361 g/mol. The molecule has 0 amide bonds. The molecule has 120 valence electrons. The Hall–Kier alpha value is -1.25. The Kier molecular flexibility index (Phi) is 4.97. The van der Waals surface area contributed by atoms with Crippen molar-refractivity contribution in [2.45, 2.75) is 9.79 Å². The van der Waals surface area contributed by atoms with Gasteiger partial charge in [-0.05, 0) is 18.2 Å². The third kappa shape index (κ3) is 5.22. The third-order valence-corrected chi connectivity index (χ3v) is 5.38. The lowest BCUT2D eigenvalue weighted by Crippen LogP contribution is -2.18. The maximum Gasteiger partial charge on any atom is 0.397 e. The Labute approximate surface area is 121 Å². The molecule has 0 aliphatic heterocycles. The van der Waals surface area contributed by atoms with E-state index in [1.807, 2.05) is 0 Å². The van der Waals surface area contributed by atoms with Crippen molar-refractivity contribution in [1.82, 2.24) is 0 Å². The van der Waals surface area contributed by atoms with Gasteiger partial charge in [0.2, 0.25) is 0 Å². The molecule has 21 heavy (non-hydrogen) atoms. The lowest BCUT2D eigenvalue weighted by Gasteiger charge is -2.09. The first kappa shape index (κ1) is 17.8. The summed E-state index contributed by atoms with van der Waals surface area (Å²) < 4.78 is 87.9. The summed E-state index contributed by atoms with van der Waals surface area (Å²) in [6.07, 6.45) is 0. The summed E-state index contributed by atoms with van der Waals surface area (Å²) in [5, 5.41) is 0. The number of hydrogen-bond donors (Lipinski definition) is 3. The van der Waals surface area contributed by atoms with E-state index in [1.54, 1.807) is 0 Å². The van der Waals surface area contributed by atoms with Crippen LogP contribution in [0.5, 0.6) is 0 Å². The molecule has 13 heteroatoms. The molecule has 0 aliphatic carbocycles. The Morgan fingerprint density at radius 1 is 1.00 bits per heavy atom. The second-order valence-corrected chi connectivity index (χ2v) is 8.31. The van der Waals surface area contributed by atoms with Crippen LogP contribution >= 0.6 is 0 Å². The minimum Gasteiger partial charge on any atom is -0.399 e. The largest absolute Gasteiger partial charge is 0.399 e. The van der Waals surface area contributed by atoms with E-state index in [4.69, 9.17) is 14.8 Å². The topological polar surface area (TPSA) is 178 Å². The van der Waals surface area contributed by atoms with Gasteiger partial charge in [-0.15, -0.1) is 0 Å². The van der Waals surface area contributed by atoms with Gasteiger partial charge in [0.25, 0.3) is 10.1 Å². The fraction of sp³-hybridized carbons (Fsp3) is 0.250. The second kappa shape index (κ2) is 5.86. The number of rotatable bonds is 6. The summed E-state index contributed by atoms with van der Waals surface area (Å²) in [4.78, 5) is -1.70. The van der Waals surface area contributed by atoms with E-state index in [-0.39, 0.29) is 5.69 Å². The molecule has 0 saturated carbocycles. The lowest BCUT2D eigenvalue weighted by atomic mass is 10.3. The van der Waals surface area contributed by atoms with Gasteiger partial charge < -0.3 is 5.73 Å². The zero-order valence-corrected chi connectivity index (χ0v) is 12.7. The predicted octanol–water partition coefficient (Wildman–Crippen LogP) is -0.891. The Morgan fingerprint density at radius 3 is 2.05 bits per heavy atom. The highest BCUT2D eigenvalue weighted by Crippen LogP contribution is 2.24. The molecule has 4 N–H and O–H groups in total. The first-order chi connectivity index (χ1) is 9.33. The highest BCUT2D eigenvalue weighted by molar-refractivity contribution is 7.92. The Morgan fingerprint density at radius 2 is 1.57 bits per heavy atom. The van der Waals surface area contributed by atoms with Gasteiger partial charge in [-0.1, -0.05) is 0 Å². The lowest BCUT2D eigenvalue weighted by molar-refractivity contribution is 0.284. The maximum absolute atomic E-state index is 12.0. The van der Waals surface area contributed by atoms with Gasteiger partial charge in [-0.3, -0.25) is 9.11 Å². The molecule has 0 bridgehead atoms. The van der Waals surface area contributed by atoms with Crippen LogP contribution in [0.3, 0.4) is 0 Å². The van der Waals surface area contributed by atoms with Crippen molar-refractivity contribution in [2.75, 3.05) is 18.1 Å². The van der Waals surface area contributed by atoms with Gasteiger partial charge in [0, 0.05) is 5.69 Å². The molecule has 1 rings (SSSR count). The first-order valence-electron chi connectivity index (χ1n) is 5.04. The van der Waals surface area contributed by atoms with Gasteiger partial charge >= 0.3 is 10.4 Å². The molecule has 0 radical (unpaired) electrons. The fourth-order valence-corrected chi connectivity index (χ4v) is 4.20. The number of nitrogens with two attached hydrogens (primary N) is 1. The zero-order valence-electron chi connectivity index (χ0n) is 10.2. The van der Waals surface area contributed by atoms with Crippen LogP contribution in [0.1, 0.15) is 0 Å². The number of nitrogen functional groups attached to an aromatic ring is 1. The van der Waals surface area contributed by atoms with Crippen molar-refractivity contribution in [3.05, 3.63) is 18.2 Å². The molecular formula is C8H11NO9S3. The molecule has 0 atom stereocenters. The van der Waals surface area contributed by atoms with Crippen molar-refractivity contribution in [1.29, 1.82) is 0 Å². The van der Waals surface area contributed by atoms with E-state index in [0.717, 1.165) is 18.2 Å². The minimum atomic E-state index is -4.83. The van der Waals surface area contributed by atoms with Crippen molar-refractivity contribution < 1.29 is 38.5 Å². The van der Waals surface area contributed by atoms with Gasteiger partial charge in [0.15, 0.2) is 9.84 Å². The monoisotopic (exact) mass is 361 g/mol. The maximum atomic E-state index is 12.0. The van der Waals surface area contributed by atoms with E-state index in [9.17, 15) is 25.3 Å². The van der Waals surface area contributed by atoms with E-state index in [2.05, 4.69) is 4.18 Å². The third-order valence-electron chi connectivity index (χ3n) is 2.17. The molecule has 10 nitrogen and oxygen atoms in total. The summed E-state index contributed by atoms with van der Waals surface area (Å²) in [6, 6.07) is 2.66. The van der Waals surface area contributed by atoms with Crippen LogP contribution in [0.4, 0.5) is 5.69 Å². The highest BCUT2D eigenvalue weighted by atomic mass is 32.3. The van der Waals surface area contributed by atoms with Gasteiger partial charge in [0.05, 0.1) is 17.3 Å². The first-order valence-corrected chi connectivity index (χ1v) is 9.50. The quantitative estimate of drug-likeness (QED) is 0.425. The SMILES string of the molecule is Nc1ccc(S(=O)(=O)O)c(S(=O)(=O)CCOS(=O)(=O)O)c1. The molecule has 0 heterocycles. The summed E-state index contributed by atoms with van der Waals surface area (Å²) in [7, 11) is -14.0. The number of sulfone groups is 1. The van der Waals surface area contributed by atoms with E-state index < -0.39 is 52.5 Å².